The van der Waals surface area contributed by atoms with Crippen LogP contribution in [0.4, 0.5) is 11.5 Å². The van der Waals surface area contributed by atoms with Crippen LogP contribution in [0.3, 0.4) is 0 Å². The minimum Gasteiger partial charge on any atom is -0.495 e. The summed E-state index contributed by atoms with van der Waals surface area (Å²) in [4.78, 5) is 25.5. The van der Waals surface area contributed by atoms with Gasteiger partial charge in [-0.3, -0.25) is 9.59 Å². The molecule has 0 radical (unpaired) electrons. The first kappa shape index (κ1) is 20.7. The molecular weight excluding hydrogens is 392 g/mol. The van der Waals surface area contributed by atoms with Crippen LogP contribution >= 0.6 is 0 Å². The Bertz CT molecular complexity index is 1150. The number of amides is 2. The van der Waals surface area contributed by atoms with E-state index in [-0.39, 0.29) is 18.2 Å². The lowest BCUT2D eigenvalue weighted by Crippen LogP contribution is -2.24. The molecule has 0 fully saturated rings. The van der Waals surface area contributed by atoms with Gasteiger partial charge in [-0.1, -0.05) is 42.8 Å². The monoisotopic (exact) mass is 418 g/mol. The van der Waals surface area contributed by atoms with Crippen LogP contribution in [-0.2, 0) is 16.0 Å². The van der Waals surface area contributed by atoms with E-state index in [1.807, 2.05) is 57.2 Å². The summed E-state index contributed by atoms with van der Waals surface area (Å²) in [6.07, 6.45) is 0.701. The van der Waals surface area contributed by atoms with E-state index in [0.717, 1.165) is 34.4 Å². The van der Waals surface area contributed by atoms with Crippen molar-refractivity contribution in [2.75, 3.05) is 17.7 Å². The predicted molar refractivity (Wildman–Crippen MR) is 120 cm³/mol. The average molecular weight is 418 g/mol. The van der Waals surface area contributed by atoms with Gasteiger partial charge in [0, 0.05) is 5.56 Å². The molecule has 4 rings (SSSR count). The molecule has 0 spiro atoms. The third-order valence-corrected chi connectivity index (χ3v) is 5.51. The van der Waals surface area contributed by atoms with E-state index in [1.165, 1.54) is 0 Å². The van der Waals surface area contributed by atoms with Gasteiger partial charge in [-0.15, -0.1) is 0 Å². The maximum atomic E-state index is 12.8. The van der Waals surface area contributed by atoms with Crippen molar-refractivity contribution in [1.29, 1.82) is 0 Å². The summed E-state index contributed by atoms with van der Waals surface area (Å²) in [5, 5.41) is 10.5. The molecule has 2 amide bonds. The minimum absolute atomic E-state index is 0.0197. The second-order valence-electron chi connectivity index (χ2n) is 7.80. The van der Waals surface area contributed by atoms with E-state index in [2.05, 4.69) is 15.7 Å². The maximum absolute atomic E-state index is 12.8. The lowest BCUT2D eigenvalue weighted by atomic mass is 10.0. The highest BCUT2D eigenvalue weighted by Gasteiger charge is 2.36. The molecule has 1 unspecified atom stereocenters. The number of carbonyl (C=O) groups excluding carboxylic acids is 2. The molecule has 1 aromatic heterocycles. The van der Waals surface area contributed by atoms with Crippen molar-refractivity contribution >= 4 is 23.3 Å². The number of fused-ring (bicyclic) bond motifs is 1. The lowest BCUT2D eigenvalue weighted by Gasteiger charge is -2.13. The Kier molecular flexibility index (Phi) is 5.50. The molecule has 3 aromatic rings. The van der Waals surface area contributed by atoms with Crippen LogP contribution in [0.5, 0.6) is 5.75 Å². The zero-order chi connectivity index (χ0) is 22.1. The SMILES string of the molecule is CCc1nn2c(c1-c1ccc(C)cc1)NC(=O)C2CC(=O)Nc1cc(C)ccc1OC. The van der Waals surface area contributed by atoms with Gasteiger partial charge in [0.25, 0.3) is 5.91 Å². The third-order valence-electron chi connectivity index (χ3n) is 5.51. The van der Waals surface area contributed by atoms with E-state index in [1.54, 1.807) is 17.9 Å². The molecule has 7 nitrogen and oxygen atoms in total. The van der Waals surface area contributed by atoms with Crippen LogP contribution in [0.1, 0.15) is 36.2 Å². The van der Waals surface area contributed by atoms with Crippen molar-refractivity contribution in [2.45, 2.75) is 39.7 Å². The number of aryl methyl sites for hydroxylation is 3. The van der Waals surface area contributed by atoms with Gasteiger partial charge in [0.2, 0.25) is 5.91 Å². The van der Waals surface area contributed by atoms with Crippen molar-refractivity contribution in [3.63, 3.8) is 0 Å². The highest BCUT2D eigenvalue weighted by Crippen LogP contribution is 2.39. The van der Waals surface area contributed by atoms with Gasteiger partial charge in [0.15, 0.2) is 0 Å². The Labute approximate surface area is 181 Å². The van der Waals surface area contributed by atoms with E-state index in [4.69, 9.17) is 4.74 Å². The summed E-state index contributed by atoms with van der Waals surface area (Å²) < 4.78 is 6.98. The summed E-state index contributed by atoms with van der Waals surface area (Å²) in [7, 11) is 1.56. The summed E-state index contributed by atoms with van der Waals surface area (Å²) in [6, 6.07) is 13.0. The van der Waals surface area contributed by atoms with Crippen molar-refractivity contribution in [1.82, 2.24) is 9.78 Å². The molecule has 1 aliphatic heterocycles. The topological polar surface area (TPSA) is 85.2 Å². The van der Waals surface area contributed by atoms with E-state index >= 15 is 0 Å². The number of ether oxygens (including phenoxy) is 1. The molecular formula is C24H26N4O3. The highest BCUT2D eigenvalue weighted by molar-refractivity contribution is 6.04. The second-order valence-corrected chi connectivity index (χ2v) is 7.80. The Morgan fingerprint density at radius 3 is 2.55 bits per heavy atom. The van der Waals surface area contributed by atoms with Gasteiger partial charge >= 0.3 is 0 Å². The van der Waals surface area contributed by atoms with Crippen LogP contribution in [-0.4, -0.2) is 28.7 Å². The number of anilines is 2. The van der Waals surface area contributed by atoms with Crippen LogP contribution in [0.2, 0.25) is 0 Å². The Morgan fingerprint density at radius 1 is 1.16 bits per heavy atom. The van der Waals surface area contributed by atoms with Gasteiger partial charge in [0.05, 0.1) is 24.9 Å². The van der Waals surface area contributed by atoms with Crippen LogP contribution < -0.4 is 15.4 Å². The lowest BCUT2D eigenvalue weighted by molar-refractivity contribution is -0.123. The molecule has 0 bridgehead atoms. The zero-order valence-electron chi connectivity index (χ0n) is 18.2. The van der Waals surface area contributed by atoms with Gasteiger partial charge in [-0.25, -0.2) is 4.68 Å². The average Bonchev–Trinajstić information content (AvgIpc) is 3.24. The van der Waals surface area contributed by atoms with Crippen molar-refractivity contribution < 1.29 is 14.3 Å². The molecule has 31 heavy (non-hydrogen) atoms. The fourth-order valence-corrected chi connectivity index (χ4v) is 3.88. The fraction of sp³-hybridized carbons (Fsp3) is 0.292. The van der Waals surface area contributed by atoms with Crippen molar-refractivity contribution in [3.05, 3.63) is 59.3 Å². The number of methoxy groups -OCH3 is 1. The number of rotatable bonds is 6. The first-order valence-electron chi connectivity index (χ1n) is 10.3. The standard InChI is InChI=1S/C24H26N4O3/c1-5-17-22(16-9-6-14(2)7-10-16)23-26-24(30)19(28(23)27-17)13-21(29)25-18-12-15(3)8-11-20(18)31-4/h6-12,19H,5,13H2,1-4H3,(H,25,29)(H,26,30). The Morgan fingerprint density at radius 2 is 1.87 bits per heavy atom. The summed E-state index contributed by atoms with van der Waals surface area (Å²) in [5.41, 5.74) is 5.55. The molecule has 0 saturated carbocycles. The summed E-state index contributed by atoms with van der Waals surface area (Å²) >= 11 is 0. The molecule has 1 aliphatic rings. The fourth-order valence-electron chi connectivity index (χ4n) is 3.88. The molecule has 7 heteroatoms. The number of hydrogen-bond donors (Lipinski definition) is 2. The molecule has 0 aliphatic carbocycles. The smallest absolute Gasteiger partial charge is 0.251 e. The third kappa shape index (κ3) is 3.91. The largest absolute Gasteiger partial charge is 0.495 e. The van der Waals surface area contributed by atoms with Gasteiger partial charge < -0.3 is 15.4 Å². The maximum Gasteiger partial charge on any atom is 0.251 e. The minimum atomic E-state index is -0.699. The Balaban J connectivity index is 1.61. The van der Waals surface area contributed by atoms with Crippen molar-refractivity contribution in [2.24, 2.45) is 0 Å². The first-order valence-corrected chi connectivity index (χ1v) is 10.3. The number of carbonyl (C=O) groups is 2. The molecule has 1 atom stereocenters. The summed E-state index contributed by atoms with van der Waals surface area (Å²) in [5.74, 6) is 0.716. The number of nitrogens with one attached hydrogen (secondary N) is 2. The normalized spacial score (nSPS) is 14.8. The van der Waals surface area contributed by atoms with Crippen molar-refractivity contribution in [3.8, 4) is 16.9 Å². The van der Waals surface area contributed by atoms with Gasteiger partial charge in [-0.05, 0) is 43.5 Å². The molecule has 2 aromatic carbocycles. The second kappa shape index (κ2) is 8.26. The molecule has 160 valence electrons. The predicted octanol–water partition coefficient (Wildman–Crippen LogP) is 4.26. The summed E-state index contributed by atoms with van der Waals surface area (Å²) in [6.45, 7) is 6.00. The highest BCUT2D eigenvalue weighted by atomic mass is 16.5. The molecule has 2 N–H and O–H groups in total. The van der Waals surface area contributed by atoms with Gasteiger partial charge in [-0.2, -0.15) is 5.10 Å². The number of aromatic nitrogens is 2. The van der Waals surface area contributed by atoms with E-state index < -0.39 is 6.04 Å². The zero-order valence-corrected chi connectivity index (χ0v) is 18.2. The molecule has 0 saturated heterocycles. The Hall–Kier alpha value is -3.61. The first-order chi connectivity index (χ1) is 14.9. The number of benzene rings is 2. The van der Waals surface area contributed by atoms with Gasteiger partial charge in [0.1, 0.15) is 17.6 Å². The van der Waals surface area contributed by atoms with Crippen LogP contribution in [0, 0.1) is 13.8 Å². The van der Waals surface area contributed by atoms with E-state index in [0.29, 0.717) is 17.3 Å². The number of nitrogens with zero attached hydrogens (tertiary/aromatic N) is 2. The van der Waals surface area contributed by atoms with Crippen LogP contribution in [0.15, 0.2) is 42.5 Å². The van der Waals surface area contributed by atoms with Crippen LogP contribution in [0.25, 0.3) is 11.1 Å². The van der Waals surface area contributed by atoms with E-state index in [9.17, 15) is 9.59 Å². The quantitative estimate of drug-likeness (QED) is 0.626. The number of hydrogen-bond acceptors (Lipinski definition) is 4. The molecule has 2 heterocycles.